The van der Waals surface area contributed by atoms with Crippen molar-refractivity contribution < 1.29 is 9.47 Å². The first-order valence-corrected chi connectivity index (χ1v) is 7.49. The summed E-state index contributed by atoms with van der Waals surface area (Å²) in [5.74, 6) is 2.25. The van der Waals surface area contributed by atoms with E-state index in [9.17, 15) is 0 Å². The van der Waals surface area contributed by atoms with E-state index in [1.54, 1.807) is 14.2 Å². The molecule has 5 rings (SSSR count). The second-order valence-electron chi connectivity index (χ2n) is 5.85. The van der Waals surface area contributed by atoms with Gasteiger partial charge in [-0.3, -0.25) is 0 Å². The zero-order chi connectivity index (χ0) is 14.4. The van der Waals surface area contributed by atoms with Gasteiger partial charge in [0.15, 0.2) is 11.5 Å². The van der Waals surface area contributed by atoms with E-state index >= 15 is 0 Å². The Morgan fingerprint density at radius 1 is 1.10 bits per heavy atom. The molecule has 2 aromatic rings. The van der Waals surface area contributed by atoms with E-state index in [1.807, 2.05) is 6.07 Å². The molecule has 0 spiro atoms. The number of piperidine rings is 1. The molecule has 1 aromatic carbocycles. The fraction of sp³-hybridized carbons (Fsp3) is 0.412. The molecule has 4 heteroatoms. The van der Waals surface area contributed by atoms with Crippen LogP contribution >= 0.6 is 0 Å². The van der Waals surface area contributed by atoms with Crippen molar-refractivity contribution in [3.8, 4) is 11.5 Å². The Morgan fingerprint density at radius 2 is 1.81 bits per heavy atom. The lowest BCUT2D eigenvalue weighted by atomic mass is 9.82. The first-order chi connectivity index (χ1) is 10.3. The monoisotopic (exact) mass is 284 g/mol. The van der Waals surface area contributed by atoms with Gasteiger partial charge in [-0.25, -0.2) is 0 Å². The summed E-state index contributed by atoms with van der Waals surface area (Å²) in [5, 5.41) is 1.22. The number of aromatic nitrogens is 1. The Morgan fingerprint density at radius 3 is 2.43 bits per heavy atom. The van der Waals surface area contributed by atoms with Crippen LogP contribution in [0.1, 0.15) is 18.4 Å². The Hall–Kier alpha value is -2.10. The number of nitrogens with zero attached hydrogens (tertiary/aromatic N) is 1. The van der Waals surface area contributed by atoms with Gasteiger partial charge < -0.3 is 19.4 Å². The van der Waals surface area contributed by atoms with Crippen LogP contribution in [0.25, 0.3) is 16.5 Å². The van der Waals surface area contributed by atoms with E-state index in [0.29, 0.717) is 5.92 Å². The van der Waals surface area contributed by atoms with Crippen molar-refractivity contribution in [1.29, 1.82) is 0 Å². The second-order valence-corrected chi connectivity index (χ2v) is 5.85. The van der Waals surface area contributed by atoms with Crippen molar-refractivity contribution in [1.82, 2.24) is 9.88 Å². The van der Waals surface area contributed by atoms with E-state index < -0.39 is 0 Å². The first-order valence-electron chi connectivity index (χ1n) is 7.49. The Bertz CT molecular complexity index is 709. The zero-order valence-electron chi connectivity index (χ0n) is 12.5. The SMILES string of the molecule is COc1cc2[nH]cc(C3=CN4CCC3CC4)c2cc1OC. The summed E-state index contributed by atoms with van der Waals surface area (Å²) in [6.07, 6.45) is 7.01. The maximum atomic E-state index is 5.45. The molecule has 0 aliphatic carbocycles. The van der Waals surface area contributed by atoms with Crippen LogP contribution in [0.3, 0.4) is 0 Å². The number of benzene rings is 1. The fourth-order valence-corrected chi connectivity index (χ4v) is 3.62. The van der Waals surface area contributed by atoms with Crippen molar-refractivity contribution >= 4 is 16.5 Å². The molecule has 21 heavy (non-hydrogen) atoms. The smallest absolute Gasteiger partial charge is 0.162 e. The van der Waals surface area contributed by atoms with Crippen molar-refractivity contribution in [2.75, 3.05) is 27.3 Å². The average Bonchev–Trinajstić information content (AvgIpc) is 2.97. The van der Waals surface area contributed by atoms with E-state index in [4.69, 9.17) is 9.47 Å². The number of aromatic amines is 1. The van der Waals surface area contributed by atoms with Crippen LogP contribution in [0.4, 0.5) is 0 Å². The van der Waals surface area contributed by atoms with Crippen LogP contribution in [0.15, 0.2) is 24.5 Å². The van der Waals surface area contributed by atoms with Gasteiger partial charge in [0.05, 0.1) is 14.2 Å². The third-order valence-electron chi connectivity index (χ3n) is 4.79. The molecule has 4 nitrogen and oxygen atoms in total. The predicted octanol–water partition coefficient (Wildman–Crippen LogP) is 3.25. The highest BCUT2D eigenvalue weighted by molar-refractivity contribution is 5.95. The van der Waals surface area contributed by atoms with Gasteiger partial charge in [-0.05, 0) is 30.4 Å². The normalized spacial score (nSPS) is 18.2. The molecular formula is C17H20N2O2. The van der Waals surface area contributed by atoms with Crippen LogP contribution in [-0.4, -0.2) is 37.2 Å². The Kier molecular flexibility index (Phi) is 2.84. The van der Waals surface area contributed by atoms with Gasteiger partial charge in [0.1, 0.15) is 0 Å². The quantitative estimate of drug-likeness (QED) is 0.940. The van der Waals surface area contributed by atoms with Crippen molar-refractivity contribution in [2.45, 2.75) is 12.8 Å². The summed E-state index contributed by atoms with van der Waals surface area (Å²) in [7, 11) is 3.35. The molecule has 3 aliphatic rings. The van der Waals surface area contributed by atoms with Gasteiger partial charge in [-0.1, -0.05) is 0 Å². The molecule has 1 fully saturated rings. The molecule has 0 radical (unpaired) electrons. The van der Waals surface area contributed by atoms with Gasteiger partial charge in [0, 0.05) is 48.0 Å². The number of hydrogen-bond acceptors (Lipinski definition) is 3. The van der Waals surface area contributed by atoms with Gasteiger partial charge in [-0.15, -0.1) is 0 Å². The lowest BCUT2D eigenvalue weighted by molar-refractivity contribution is 0.252. The van der Waals surface area contributed by atoms with E-state index in [1.165, 1.54) is 42.5 Å². The third kappa shape index (κ3) is 1.89. The summed E-state index contributed by atoms with van der Waals surface area (Å²) in [5.41, 5.74) is 3.87. The second kappa shape index (κ2) is 4.72. The highest BCUT2D eigenvalue weighted by atomic mass is 16.5. The maximum Gasteiger partial charge on any atom is 0.162 e. The van der Waals surface area contributed by atoms with E-state index in [-0.39, 0.29) is 0 Å². The topological polar surface area (TPSA) is 37.5 Å². The average molecular weight is 284 g/mol. The molecule has 1 saturated heterocycles. The molecule has 0 saturated carbocycles. The molecule has 1 N–H and O–H groups in total. The number of rotatable bonds is 3. The van der Waals surface area contributed by atoms with Crippen molar-refractivity contribution in [2.24, 2.45) is 5.92 Å². The molecule has 1 aromatic heterocycles. The molecule has 0 unspecified atom stereocenters. The van der Waals surface area contributed by atoms with Gasteiger partial charge in [0.25, 0.3) is 0 Å². The molecule has 0 amide bonds. The van der Waals surface area contributed by atoms with Crippen LogP contribution in [0, 0.1) is 5.92 Å². The molecule has 0 atom stereocenters. The minimum Gasteiger partial charge on any atom is -0.493 e. The number of ether oxygens (including phenoxy) is 2. The minimum absolute atomic E-state index is 0.696. The van der Waals surface area contributed by atoms with Gasteiger partial charge in [-0.2, -0.15) is 0 Å². The Balaban J connectivity index is 1.86. The number of allylic oxidation sites excluding steroid dienone is 1. The predicted molar refractivity (Wildman–Crippen MR) is 83.7 cm³/mol. The fourth-order valence-electron chi connectivity index (χ4n) is 3.62. The maximum absolute atomic E-state index is 5.45. The Labute approximate surface area is 124 Å². The lowest BCUT2D eigenvalue weighted by Crippen LogP contribution is -2.35. The number of hydrogen-bond donors (Lipinski definition) is 1. The molecule has 4 heterocycles. The van der Waals surface area contributed by atoms with Gasteiger partial charge >= 0.3 is 0 Å². The minimum atomic E-state index is 0.696. The van der Waals surface area contributed by atoms with Crippen LogP contribution in [0.2, 0.25) is 0 Å². The molecule has 2 bridgehead atoms. The first kappa shape index (κ1) is 12.6. The summed E-state index contributed by atoms with van der Waals surface area (Å²) < 4.78 is 10.8. The summed E-state index contributed by atoms with van der Waals surface area (Å²) >= 11 is 0. The number of H-pyrrole nitrogens is 1. The number of methoxy groups -OCH3 is 2. The van der Waals surface area contributed by atoms with Crippen LogP contribution in [-0.2, 0) is 0 Å². The summed E-state index contributed by atoms with van der Waals surface area (Å²) in [6, 6.07) is 4.10. The molecule has 110 valence electrons. The largest absolute Gasteiger partial charge is 0.493 e. The number of nitrogens with one attached hydrogen (secondary N) is 1. The standard InChI is InChI=1S/C17H20N2O2/c1-20-16-7-12-13(9-18-15(12)8-17(16)21-2)14-10-19-5-3-11(14)4-6-19/h7-11,18H,3-6H2,1-2H3. The highest BCUT2D eigenvalue weighted by Crippen LogP contribution is 2.42. The summed E-state index contributed by atoms with van der Waals surface area (Å²) in [4.78, 5) is 5.82. The van der Waals surface area contributed by atoms with E-state index in [2.05, 4.69) is 28.3 Å². The highest BCUT2D eigenvalue weighted by Gasteiger charge is 2.29. The summed E-state index contributed by atoms with van der Waals surface area (Å²) in [6.45, 7) is 2.40. The van der Waals surface area contributed by atoms with Crippen LogP contribution < -0.4 is 9.47 Å². The molecular weight excluding hydrogens is 264 g/mol. The van der Waals surface area contributed by atoms with Crippen molar-refractivity contribution in [3.05, 3.63) is 30.1 Å². The van der Waals surface area contributed by atoms with Crippen molar-refractivity contribution in [3.63, 3.8) is 0 Å². The third-order valence-corrected chi connectivity index (χ3v) is 4.79. The zero-order valence-corrected chi connectivity index (χ0v) is 12.5. The van der Waals surface area contributed by atoms with Crippen LogP contribution in [0.5, 0.6) is 11.5 Å². The van der Waals surface area contributed by atoms with E-state index in [0.717, 1.165) is 17.0 Å². The lowest BCUT2D eigenvalue weighted by Gasteiger charge is -2.39. The molecule has 3 aliphatic heterocycles. The van der Waals surface area contributed by atoms with Gasteiger partial charge in [0.2, 0.25) is 0 Å². The number of fused-ring (bicyclic) bond motifs is 3.